The number of carbonyl (C=O) groups is 1. The van der Waals surface area contributed by atoms with E-state index in [2.05, 4.69) is 5.32 Å². The molecule has 0 aromatic heterocycles. The van der Waals surface area contributed by atoms with Crippen molar-refractivity contribution < 1.29 is 28.2 Å². The molecule has 0 bridgehead atoms. The quantitative estimate of drug-likeness (QED) is 0.269. The van der Waals surface area contributed by atoms with Gasteiger partial charge in [0.15, 0.2) is 0 Å². The van der Waals surface area contributed by atoms with E-state index < -0.39 is 36.9 Å². The van der Waals surface area contributed by atoms with Gasteiger partial charge in [-0.2, -0.15) is 13.2 Å². The van der Waals surface area contributed by atoms with Crippen molar-refractivity contribution in [2.75, 3.05) is 13.2 Å². The molecule has 0 radical (unpaired) electrons. The number of nitrogens with one attached hydrogen (secondary N) is 1. The summed E-state index contributed by atoms with van der Waals surface area (Å²) in [6, 6.07) is 23.3. The zero-order valence-electron chi connectivity index (χ0n) is 19.0. The number of halogens is 3. The van der Waals surface area contributed by atoms with Crippen LogP contribution in [-0.4, -0.2) is 35.4 Å². The van der Waals surface area contributed by atoms with Crippen LogP contribution in [0.4, 0.5) is 13.2 Å². The van der Waals surface area contributed by atoms with Gasteiger partial charge < -0.3 is 15.5 Å². The molecule has 5 aromatic carbocycles. The van der Waals surface area contributed by atoms with E-state index in [4.69, 9.17) is 0 Å². The van der Waals surface area contributed by atoms with Crippen molar-refractivity contribution in [3.05, 3.63) is 96.1 Å². The van der Waals surface area contributed by atoms with Crippen LogP contribution in [0.25, 0.3) is 43.4 Å². The fourth-order valence-corrected chi connectivity index (χ4v) is 4.51. The van der Waals surface area contributed by atoms with E-state index in [1.54, 1.807) is 18.2 Å². The van der Waals surface area contributed by atoms with E-state index in [-0.39, 0.29) is 0 Å². The number of alkyl halides is 3. The molecule has 3 N–H and O–H groups in total. The topological polar surface area (TPSA) is 69.6 Å². The minimum Gasteiger partial charge on any atom is -0.394 e. The molecule has 0 heterocycles. The highest BCUT2D eigenvalue weighted by atomic mass is 19.4. The van der Waals surface area contributed by atoms with Gasteiger partial charge in [-0.05, 0) is 85.9 Å². The van der Waals surface area contributed by atoms with Crippen LogP contribution in [0, 0.1) is 0 Å². The van der Waals surface area contributed by atoms with Crippen molar-refractivity contribution in [2.24, 2.45) is 0 Å². The highest BCUT2D eigenvalue weighted by Crippen LogP contribution is 2.39. The van der Waals surface area contributed by atoms with Gasteiger partial charge in [-0.3, -0.25) is 4.79 Å². The molecular weight excluding hydrogens is 467 g/mol. The van der Waals surface area contributed by atoms with Crippen molar-refractivity contribution in [1.82, 2.24) is 5.32 Å². The lowest BCUT2D eigenvalue weighted by atomic mass is 9.89. The predicted octanol–water partition coefficient (Wildman–Crippen LogP) is 5.92. The van der Waals surface area contributed by atoms with Gasteiger partial charge in [-0.15, -0.1) is 0 Å². The Hall–Kier alpha value is -3.94. The van der Waals surface area contributed by atoms with Crippen molar-refractivity contribution in [3.8, 4) is 11.1 Å². The smallest absolute Gasteiger partial charge is 0.394 e. The monoisotopic (exact) mass is 489 g/mol. The van der Waals surface area contributed by atoms with E-state index >= 15 is 0 Å². The van der Waals surface area contributed by atoms with Gasteiger partial charge >= 0.3 is 6.18 Å². The first-order valence-electron chi connectivity index (χ1n) is 11.4. The summed E-state index contributed by atoms with van der Waals surface area (Å²) >= 11 is 0. The molecular formula is C29H22F3NO3. The average molecular weight is 489 g/mol. The Morgan fingerprint density at radius 3 is 2.00 bits per heavy atom. The Balaban J connectivity index is 1.74. The first-order valence-corrected chi connectivity index (χ1v) is 11.4. The number of benzene rings is 5. The highest BCUT2D eigenvalue weighted by Gasteiger charge is 2.30. The van der Waals surface area contributed by atoms with Crippen molar-refractivity contribution in [1.29, 1.82) is 0 Å². The Morgan fingerprint density at radius 2 is 1.36 bits per heavy atom. The molecule has 0 aliphatic rings. The number of fused-ring (bicyclic) bond motifs is 3. The van der Waals surface area contributed by atoms with Crippen LogP contribution < -0.4 is 5.32 Å². The summed E-state index contributed by atoms with van der Waals surface area (Å²) in [5, 5.41) is 26.5. The molecule has 0 unspecified atom stereocenters. The maximum Gasteiger partial charge on any atom is 0.416 e. The number of hydrogen-bond acceptors (Lipinski definition) is 3. The van der Waals surface area contributed by atoms with Crippen molar-refractivity contribution in [3.63, 3.8) is 0 Å². The molecule has 1 amide bonds. The van der Waals surface area contributed by atoms with Crippen LogP contribution in [0.1, 0.15) is 15.9 Å². The fraction of sp³-hybridized carbons (Fsp3) is 0.138. The fourth-order valence-electron chi connectivity index (χ4n) is 4.51. The standard InChI is InChI=1S/C29H22F3NO3/c30-29(31,32)23-8-5-17(6-9-23)27-25-10-7-20(28(36)33-24(15-34)16-35)12-21(25)13-22-11-18-3-1-2-4-19(18)14-26(22)27/h1-14,24,34-35H,15-16H2,(H,33,36). The molecule has 5 rings (SSSR count). The van der Waals surface area contributed by atoms with Crippen molar-refractivity contribution >= 4 is 38.2 Å². The number of rotatable bonds is 5. The maximum atomic E-state index is 13.2. The number of aliphatic hydroxyl groups excluding tert-OH is 2. The molecule has 4 nitrogen and oxygen atoms in total. The summed E-state index contributed by atoms with van der Waals surface area (Å²) in [6.07, 6.45) is -4.43. The maximum absolute atomic E-state index is 13.2. The van der Waals surface area contributed by atoms with Gasteiger partial charge in [0.2, 0.25) is 0 Å². The third-order valence-corrected chi connectivity index (χ3v) is 6.36. The molecule has 0 saturated carbocycles. The summed E-state index contributed by atoms with van der Waals surface area (Å²) in [4.78, 5) is 12.7. The summed E-state index contributed by atoms with van der Waals surface area (Å²) in [7, 11) is 0. The van der Waals surface area contributed by atoms with Crippen LogP contribution in [0.5, 0.6) is 0 Å². The molecule has 0 fully saturated rings. The second kappa shape index (κ2) is 9.26. The number of amides is 1. The second-order valence-electron chi connectivity index (χ2n) is 8.72. The Kier molecular flexibility index (Phi) is 6.12. The second-order valence-corrected chi connectivity index (χ2v) is 8.72. The van der Waals surface area contributed by atoms with E-state index in [0.29, 0.717) is 11.1 Å². The Labute approximate surface area is 204 Å². The molecule has 36 heavy (non-hydrogen) atoms. The minimum atomic E-state index is -4.43. The lowest BCUT2D eigenvalue weighted by Gasteiger charge is -2.16. The molecule has 0 aliphatic heterocycles. The largest absolute Gasteiger partial charge is 0.416 e. The number of aliphatic hydroxyl groups is 2. The summed E-state index contributed by atoms with van der Waals surface area (Å²) < 4.78 is 39.6. The lowest BCUT2D eigenvalue weighted by Crippen LogP contribution is -2.40. The predicted molar refractivity (Wildman–Crippen MR) is 135 cm³/mol. The average Bonchev–Trinajstić information content (AvgIpc) is 2.88. The van der Waals surface area contributed by atoms with Gasteiger partial charge in [-0.25, -0.2) is 0 Å². The molecule has 5 aromatic rings. The number of hydrogen-bond donors (Lipinski definition) is 3. The zero-order valence-corrected chi connectivity index (χ0v) is 19.0. The minimum absolute atomic E-state index is 0.341. The Morgan fingerprint density at radius 1 is 0.750 bits per heavy atom. The van der Waals surface area contributed by atoms with Crippen LogP contribution in [0.2, 0.25) is 0 Å². The molecule has 7 heteroatoms. The van der Waals surface area contributed by atoms with Crippen LogP contribution in [0.15, 0.2) is 84.9 Å². The van der Waals surface area contributed by atoms with Gasteiger partial charge in [0.05, 0.1) is 24.8 Å². The van der Waals surface area contributed by atoms with Gasteiger partial charge in [0, 0.05) is 5.56 Å². The Bertz CT molecular complexity index is 1590. The van der Waals surface area contributed by atoms with Crippen molar-refractivity contribution in [2.45, 2.75) is 12.2 Å². The lowest BCUT2D eigenvalue weighted by molar-refractivity contribution is -0.137. The zero-order chi connectivity index (χ0) is 25.4. The molecule has 0 atom stereocenters. The van der Waals surface area contributed by atoms with E-state index in [1.807, 2.05) is 42.5 Å². The van der Waals surface area contributed by atoms with E-state index in [9.17, 15) is 28.2 Å². The normalized spacial score (nSPS) is 12.1. The van der Waals surface area contributed by atoms with Gasteiger partial charge in [0.1, 0.15) is 0 Å². The molecule has 182 valence electrons. The summed E-state index contributed by atoms with van der Waals surface area (Å²) in [6.45, 7) is -0.794. The third kappa shape index (κ3) is 4.39. The van der Waals surface area contributed by atoms with Gasteiger partial charge in [0.25, 0.3) is 5.91 Å². The summed E-state index contributed by atoms with van der Waals surface area (Å²) in [5.74, 6) is -0.445. The SMILES string of the molecule is O=C(NC(CO)CO)c1ccc2c(-c3ccc(C(F)(F)F)cc3)c3cc4ccccc4cc3cc2c1. The van der Waals surface area contributed by atoms with Crippen LogP contribution >= 0.6 is 0 Å². The number of carbonyl (C=O) groups excluding carboxylic acids is 1. The van der Waals surface area contributed by atoms with E-state index in [1.165, 1.54) is 12.1 Å². The van der Waals surface area contributed by atoms with Crippen LogP contribution in [-0.2, 0) is 6.18 Å². The third-order valence-electron chi connectivity index (χ3n) is 6.36. The van der Waals surface area contributed by atoms with Crippen LogP contribution in [0.3, 0.4) is 0 Å². The first-order chi connectivity index (χ1) is 17.3. The molecule has 0 saturated heterocycles. The molecule has 0 aliphatic carbocycles. The van der Waals surface area contributed by atoms with E-state index in [0.717, 1.165) is 50.0 Å². The first kappa shape index (κ1) is 23.8. The molecule has 0 spiro atoms. The summed E-state index contributed by atoms with van der Waals surface area (Å²) in [5.41, 5.74) is 1.03. The highest BCUT2D eigenvalue weighted by molar-refractivity contribution is 6.16. The van der Waals surface area contributed by atoms with Gasteiger partial charge in [-0.1, -0.05) is 42.5 Å².